The Morgan fingerprint density at radius 2 is 2.24 bits per heavy atom. The van der Waals surface area contributed by atoms with Gasteiger partial charge in [-0.15, -0.1) is 11.3 Å². The molecule has 1 aromatic heterocycles. The van der Waals surface area contributed by atoms with E-state index in [1.54, 1.807) is 6.08 Å². The summed E-state index contributed by atoms with van der Waals surface area (Å²) in [5.41, 5.74) is 2.62. The Kier molecular flexibility index (Phi) is 3.49. The average molecular weight is 239 g/mol. The molecule has 1 heterocycles. The van der Waals surface area contributed by atoms with Gasteiger partial charge in [-0.2, -0.15) is 10.5 Å². The molecular formula is C13H9N3S. The van der Waals surface area contributed by atoms with E-state index in [0.29, 0.717) is 12.0 Å². The molecule has 0 fully saturated rings. The average Bonchev–Trinajstić information content (AvgIpc) is 2.67. The van der Waals surface area contributed by atoms with Gasteiger partial charge in [0.1, 0.15) is 5.01 Å². The van der Waals surface area contributed by atoms with Crippen LogP contribution >= 0.6 is 11.3 Å². The van der Waals surface area contributed by atoms with Gasteiger partial charge in [-0.3, -0.25) is 0 Å². The molecule has 0 spiro atoms. The van der Waals surface area contributed by atoms with Crippen molar-refractivity contribution in [3.8, 4) is 12.1 Å². The minimum atomic E-state index is 0.354. The molecule has 1 aliphatic rings. The summed E-state index contributed by atoms with van der Waals surface area (Å²) in [6, 6.07) is 4.20. The highest BCUT2D eigenvalue weighted by Gasteiger charge is 2.07. The lowest BCUT2D eigenvalue weighted by molar-refractivity contribution is 1.16. The van der Waals surface area contributed by atoms with Crippen LogP contribution in [0.5, 0.6) is 0 Å². The smallest absolute Gasteiger partial charge is 0.107 e. The first-order chi connectivity index (χ1) is 8.33. The van der Waals surface area contributed by atoms with Crippen LogP contribution in [-0.4, -0.2) is 4.98 Å². The lowest BCUT2D eigenvalue weighted by Gasteiger charge is -1.97. The van der Waals surface area contributed by atoms with E-state index < -0.39 is 0 Å². The molecular weight excluding hydrogens is 230 g/mol. The molecule has 2 rings (SSSR count). The van der Waals surface area contributed by atoms with Crippen LogP contribution in [0, 0.1) is 22.7 Å². The van der Waals surface area contributed by atoms with Crippen molar-refractivity contribution in [2.45, 2.75) is 12.8 Å². The van der Waals surface area contributed by atoms with Crippen LogP contribution in [0.15, 0.2) is 35.3 Å². The maximum Gasteiger partial charge on any atom is 0.107 e. The molecule has 0 aromatic carbocycles. The second kappa shape index (κ2) is 5.25. The standard InChI is InChI=1S/C13H9N3S/c14-7-6-13-16-12(9-17-13)11-3-1-2-10(8-15)4-5-11/h1-2,4-5,9H,3,6H2. The Balaban J connectivity index is 2.26. The van der Waals surface area contributed by atoms with Crippen molar-refractivity contribution in [3.05, 3.63) is 46.0 Å². The molecule has 1 aromatic rings. The van der Waals surface area contributed by atoms with Gasteiger partial charge in [-0.1, -0.05) is 12.2 Å². The molecule has 0 saturated carbocycles. The molecule has 0 aliphatic heterocycles. The highest BCUT2D eigenvalue weighted by molar-refractivity contribution is 7.09. The minimum Gasteiger partial charge on any atom is -0.240 e. The third kappa shape index (κ3) is 2.69. The van der Waals surface area contributed by atoms with Crippen LogP contribution in [0.4, 0.5) is 0 Å². The second-order valence-corrected chi connectivity index (χ2v) is 4.44. The fourth-order valence-electron chi connectivity index (χ4n) is 1.50. The second-order valence-electron chi connectivity index (χ2n) is 3.49. The quantitative estimate of drug-likeness (QED) is 0.797. The van der Waals surface area contributed by atoms with Crippen molar-refractivity contribution in [1.29, 1.82) is 10.5 Å². The number of hydrogen-bond donors (Lipinski definition) is 0. The Morgan fingerprint density at radius 3 is 3.00 bits per heavy atom. The summed E-state index contributed by atoms with van der Waals surface area (Å²) in [6.07, 6.45) is 8.60. The largest absolute Gasteiger partial charge is 0.240 e. The van der Waals surface area contributed by atoms with Gasteiger partial charge in [0.2, 0.25) is 0 Å². The zero-order valence-electron chi connectivity index (χ0n) is 9.05. The fraction of sp³-hybridized carbons (Fsp3) is 0.154. The molecule has 0 N–H and O–H groups in total. The number of thiazole rings is 1. The van der Waals surface area contributed by atoms with Crippen molar-refractivity contribution in [3.63, 3.8) is 0 Å². The molecule has 0 bridgehead atoms. The van der Waals surface area contributed by atoms with Gasteiger partial charge in [0, 0.05) is 5.38 Å². The summed E-state index contributed by atoms with van der Waals surface area (Å²) >= 11 is 1.50. The van der Waals surface area contributed by atoms with E-state index in [4.69, 9.17) is 10.5 Å². The number of hydrogen-bond acceptors (Lipinski definition) is 4. The predicted molar refractivity (Wildman–Crippen MR) is 66.9 cm³/mol. The van der Waals surface area contributed by atoms with Crippen molar-refractivity contribution < 1.29 is 0 Å². The van der Waals surface area contributed by atoms with Crippen LogP contribution in [0.2, 0.25) is 0 Å². The Morgan fingerprint density at radius 1 is 1.35 bits per heavy atom. The molecule has 0 amide bonds. The normalized spacial score (nSPS) is 14.2. The van der Waals surface area contributed by atoms with E-state index in [-0.39, 0.29) is 0 Å². The summed E-state index contributed by atoms with van der Waals surface area (Å²) < 4.78 is 0. The van der Waals surface area contributed by atoms with Gasteiger partial charge < -0.3 is 0 Å². The summed E-state index contributed by atoms with van der Waals surface area (Å²) in [6.45, 7) is 0. The van der Waals surface area contributed by atoms with Gasteiger partial charge in [0.15, 0.2) is 0 Å². The maximum absolute atomic E-state index is 8.80. The van der Waals surface area contributed by atoms with Gasteiger partial charge in [-0.25, -0.2) is 4.98 Å². The summed E-state index contributed by atoms with van der Waals surface area (Å²) in [7, 11) is 0. The highest BCUT2D eigenvalue weighted by atomic mass is 32.1. The third-order valence-corrected chi connectivity index (χ3v) is 3.19. The topological polar surface area (TPSA) is 60.5 Å². The molecule has 0 atom stereocenters. The first-order valence-electron chi connectivity index (χ1n) is 5.12. The van der Waals surface area contributed by atoms with Crippen LogP contribution in [-0.2, 0) is 6.42 Å². The first kappa shape index (κ1) is 11.3. The molecule has 1 aliphatic carbocycles. The van der Waals surface area contributed by atoms with Crippen LogP contribution in [0.1, 0.15) is 17.1 Å². The van der Waals surface area contributed by atoms with Crippen molar-refractivity contribution in [2.75, 3.05) is 0 Å². The maximum atomic E-state index is 8.80. The van der Waals surface area contributed by atoms with Crippen LogP contribution in [0.25, 0.3) is 5.57 Å². The Bertz CT molecular complexity index is 591. The molecule has 0 unspecified atom stereocenters. The zero-order valence-corrected chi connectivity index (χ0v) is 9.87. The predicted octanol–water partition coefficient (Wildman–Crippen LogP) is 3.00. The minimum absolute atomic E-state index is 0.354. The van der Waals surface area contributed by atoms with Gasteiger partial charge >= 0.3 is 0 Å². The van der Waals surface area contributed by atoms with Crippen molar-refractivity contribution >= 4 is 16.9 Å². The number of allylic oxidation sites excluding steroid dienone is 6. The van der Waals surface area contributed by atoms with Gasteiger partial charge in [0.25, 0.3) is 0 Å². The highest BCUT2D eigenvalue weighted by Crippen LogP contribution is 2.23. The van der Waals surface area contributed by atoms with E-state index in [2.05, 4.69) is 17.1 Å². The van der Waals surface area contributed by atoms with Crippen LogP contribution in [0.3, 0.4) is 0 Å². The molecule has 4 heteroatoms. The summed E-state index contributed by atoms with van der Waals surface area (Å²) in [4.78, 5) is 4.40. The molecule has 3 nitrogen and oxygen atoms in total. The van der Waals surface area contributed by atoms with Crippen molar-refractivity contribution in [1.82, 2.24) is 4.98 Å². The van der Waals surface area contributed by atoms with E-state index in [1.165, 1.54) is 11.3 Å². The molecule has 82 valence electrons. The lowest BCUT2D eigenvalue weighted by Crippen LogP contribution is -1.85. The van der Waals surface area contributed by atoms with E-state index in [0.717, 1.165) is 22.7 Å². The van der Waals surface area contributed by atoms with E-state index >= 15 is 0 Å². The Hall–Kier alpha value is -2.17. The molecule has 0 radical (unpaired) electrons. The number of nitriles is 2. The molecule has 0 saturated heterocycles. The summed E-state index contributed by atoms with van der Waals surface area (Å²) in [5, 5.41) is 20.2. The van der Waals surface area contributed by atoms with E-state index in [1.807, 2.05) is 23.6 Å². The zero-order chi connectivity index (χ0) is 12.1. The van der Waals surface area contributed by atoms with Gasteiger partial charge in [-0.05, 0) is 24.1 Å². The summed E-state index contributed by atoms with van der Waals surface area (Å²) in [5.74, 6) is 0. The fourth-order valence-corrected chi connectivity index (χ4v) is 2.25. The lowest BCUT2D eigenvalue weighted by atomic mass is 10.1. The monoisotopic (exact) mass is 239 g/mol. The van der Waals surface area contributed by atoms with Gasteiger partial charge in [0.05, 0.1) is 29.8 Å². The number of nitrogens with zero attached hydrogens (tertiary/aromatic N) is 3. The number of aromatic nitrogens is 1. The SMILES string of the molecule is N#CCc1nc(C2=CC=C(C#N)C=CC2)cs1. The molecule has 17 heavy (non-hydrogen) atoms. The Labute approximate surface area is 104 Å². The third-order valence-electron chi connectivity index (χ3n) is 2.34. The van der Waals surface area contributed by atoms with Crippen molar-refractivity contribution in [2.24, 2.45) is 0 Å². The van der Waals surface area contributed by atoms with Crippen LogP contribution < -0.4 is 0 Å². The van der Waals surface area contributed by atoms with E-state index in [9.17, 15) is 0 Å². The first-order valence-corrected chi connectivity index (χ1v) is 6.00. The number of rotatable bonds is 2.